The van der Waals surface area contributed by atoms with Crippen LogP contribution in [0.4, 0.5) is 0 Å². The van der Waals surface area contributed by atoms with Gasteiger partial charge in [0.2, 0.25) is 0 Å². The highest BCUT2D eigenvalue weighted by Crippen LogP contribution is 2.37. The Bertz CT molecular complexity index is 380. The second kappa shape index (κ2) is 6.82. The van der Waals surface area contributed by atoms with Crippen molar-refractivity contribution in [2.24, 2.45) is 17.1 Å². The zero-order chi connectivity index (χ0) is 13.7. The molecule has 1 saturated carbocycles. The molecule has 3 N–H and O–H groups in total. The summed E-state index contributed by atoms with van der Waals surface area (Å²) >= 11 is 1.76. The molecule has 2 rings (SSSR count). The van der Waals surface area contributed by atoms with Gasteiger partial charge >= 0.3 is 0 Å². The first-order chi connectivity index (χ1) is 9.13. The first-order valence-corrected chi connectivity index (χ1v) is 8.33. The van der Waals surface area contributed by atoms with Gasteiger partial charge < -0.3 is 11.1 Å². The van der Waals surface area contributed by atoms with Crippen LogP contribution in [0.3, 0.4) is 0 Å². The van der Waals surface area contributed by atoms with Crippen LogP contribution >= 0.6 is 11.3 Å². The molecule has 0 amide bonds. The summed E-state index contributed by atoms with van der Waals surface area (Å²) in [6.45, 7) is 7.33. The normalized spacial score (nSPS) is 27.6. The maximum atomic E-state index is 6.03. The number of rotatable bonds is 6. The van der Waals surface area contributed by atoms with Crippen LogP contribution in [-0.4, -0.2) is 24.6 Å². The fourth-order valence-electron chi connectivity index (χ4n) is 2.89. The fraction of sp³-hybridized carbons (Fsp3) is 0.800. The summed E-state index contributed by atoms with van der Waals surface area (Å²) in [6, 6.07) is 0. The molecule has 0 bridgehead atoms. The van der Waals surface area contributed by atoms with Gasteiger partial charge in [-0.2, -0.15) is 0 Å². The summed E-state index contributed by atoms with van der Waals surface area (Å²) in [6.07, 6.45) is 6.28. The molecule has 1 heterocycles. The molecule has 1 aromatic rings. The number of nitrogens with one attached hydrogen (secondary N) is 1. The van der Waals surface area contributed by atoms with E-state index in [4.69, 9.17) is 5.73 Å². The first-order valence-electron chi connectivity index (χ1n) is 7.45. The van der Waals surface area contributed by atoms with Crippen molar-refractivity contribution in [1.29, 1.82) is 0 Å². The molecule has 0 aliphatic heterocycles. The lowest BCUT2D eigenvalue weighted by atomic mass is 9.71. The first kappa shape index (κ1) is 14.9. The topological polar surface area (TPSA) is 50.9 Å². The summed E-state index contributed by atoms with van der Waals surface area (Å²) in [5.74, 6) is 0.887. The van der Waals surface area contributed by atoms with E-state index in [1.807, 2.05) is 0 Å². The summed E-state index contributed by atoms with van der Waals surface area (Å²) in [7, 11) is 0. The molecule has 0 aromatic carbocycles. The van der Waals surface area contributed by atoms with Crippen LogP contribution in [-0.2, 0) is 6.42 Å². The largest absolute Gasteiger partial charge is 0.330 e. The smallest absolute Gasteiger partial charge is 0.0940 e. The number of hydrogen-bond donors (Lipinski definition) is 2. The number of aryl methyl sites for hydroxylation is 1. The molecule has 1 fully saturated rings. The Hall–Kier alpha value is -0.450. The molecule has 0 unspecified atom stereocenters. The number of aromatic nitrogens is 1. The van der Waals surface area contributed by atoms with Crippen molar-refractivity contribution < 1.29 is 0 Å². The van der Waals surface area contributed by atoms with E-state index in [1.54, 1.807) is 11.3 Å². The van der Waals surface area contributed by atoms with E-state index in [0.29, 0.717) is 5.41 Å². The Morgan fingerprint density at radius 3 is 2.79 bits per heavy atom. The van der Waals surface area contributed by atoms with Gasteiger partial charge in [-0.25, -0.2) is 4.98 Å². The third-order valence-corrected chi connectivity index (χ3v) is 5.48. The highest BCUT2D eigenvalue weighted by molar-refractivity contribution is 7.09. The maximum absolute atomic E-state index is 6.03. The van der Waals surface area contributed by atoms with Crippen LogP contribution in [0.5, 0.6) is 0 Å². The summed E-state index contributed by atoms with van der Waals surface area (Å²) in [4.78, 5) is 4.50. The van der Waals surface area contributed by atoms with Gasteiger partial charge in [-0.1, -0.05) is 19.8 Å². The van der Waals surface area contributed by atoms with Gasteiger partial charge in [-0.05, 0) is 37.6 Å². The second-order valence-electron chi connectivity index (χ2n) is 6.20. The maximum Gasteiger partial charge on any atom is 0.0940 e. The minimum Gasteiger partial charge on any atom is -0.330 e. The van der Waals surface area contributed by atoms with Crippen LogP contribution in [0.15, 0.2) is 5.38 Å². The van der Waals surface area contributed by atoms with Crippen molar-refractivity contribution in [2.75, 3.05) is 19.6 Å². The van der Waals surface area contributed by atoms with E-state index in [2.05, 4.69) is 29.5 Å². The standard InChI is InChI=1S/C15H27N3S/c1-12-3-6-15(10-16,7-4-12)11-17-8-5-14-18-13(2)9-19-14/h9,12,17H,3-8,10-11,16H2,1-2H3. The molecular formula is C15H27N3S. The van der Waals surface area contributed by atoms with Crippen molar-refractivity contribution in [1.82, 2.24) is 10.3 Å². The number of hydrogen-bond acceptors (Lipinski definition) is 4. The molecule has 0 spiro atoms. The third kappa shape index (κ3) is 4.26. The van der Waals surface area contributed by atoms with E-state index in [9.17, 15) is 0 Å². The van der Waals surface area contributed by atoms with E-state index in [1.165, 1.54) is 30.7 Å². The molecule has 0 saturated heterocycles. The molecule has 0 radical (unpaired) electrons. The Labute approximate surface area is 121 Å². The molecule has 19 heavy (non-hydrogen) atoms. The van der Waals surface area contributed by atoms with Crippen molar-refractivity contribution in [3.8, 4) is 0 Å². The quantitative estimate of drug-likeness (QED) is 0.788. The highest BCUT2D eigenvalue weighted by Gasteiger charge is 2.32. The van der Waals surface area contributed by atoms with E-state index in [0.717, 1.165) is 37.7 Å². The van der Waals surface area contributed by atoms with E-state index in [-0.39, 0.29) is 0 Å². The molecule has 0 atom stereocenters. The Morgan fingerprint density at radius 2 is 2.21 bits per heavy atom. The Balaban J connectivity index is 1.71. The lowest BCUT2D eigenvalue weighted by Gasteiger charge is -2.38. The Kier molecular flexibility index (Phi) is 5.37. The minimum absolute atomic E-state index is 0.352. The van der Waals surface area contributed by atoms with Gasteiger partial charge in [0.25, 0.3) is 0 Å². The Morgan fingerprint density at radius 1 is 1.47 bits per heavy atom. The summed E-state index contributed by atoms with van der Waals surface area (Å²) in [5.41, 5.74) is 7.52. The number of thiazole rings is 1. The van der Waals surface area contributed by atoms with Gasteiger partial charge in [0.15, 0.2) is 0 Å². The average Bonchev–Trinajstić information content (AvgIpc) is 2.83. The van der Waals surface area contributed by atoms with Crippen molar-refractivity contribution in [2.45, 2.75) is 46.0 Å². The minimum atomic E-state index is 0.352. The van der Waals surface area contributed by atoms with Crippen LogP contribution in [0.1, 0.15) is 43.3 Å². The fourth-order valence-corrected chi connectivity index (χ4v) is 3.67. The lowest BCUT2D eigenvalue weighted by molar-refractivity contribution is 0.160. The summed E-state index contributed by atoms with van der Waals surface area (Å²) in [5, 5.41) is 6.97. The monoisotopic (exact) mass is 281 g/mol. The molecular weight excluding hydrogens is 254 g/mol. The van der Waals surface area contributed by atoms with Gasteiger partial charge in [-0.15, -0.1) is 11.3 Å². The molecule has 1 aliphatic rings. The van der Waals surface area contributed by atoms with E-state index >= 15 is 0 Å². The van der Waals surface area contributed by atoms with Crippen molar-refractivity contribution in [3.63, 3.8) is 0 Å². The molecule has 3 nitrogen and oxygen atoms in total. The van der Waals surface area contributed by atoms with E-state index < -0.39 is 0 Å². The molecule has 1 aliphatic carbocycles. The van der Waals surface area contributed by atoms with Crippen molar-refractivity contribution in [3.05, 3.63) is 16.1 Å². The lowest BCUT2D eigenvalue weighted by Crippen LogP contribution is -2.43. The van der Waals surface area contributed by atoms with Gasteiger partial charge in [0.05, 0.1) is 5.01 Å². The summed E-state index contributed by atoms with van der Waals surface area (Å²) < 4.78 is 0. The molecule has 4 heteroatoms. The van der Waals surface area contributed by atoms with Crippen LogP contribution in [0.25, 0.3) is 0 Å². The van der Waals surface area contributed by atoms with Crippen LogP contribution in [0, 0.1) is 18.3 Å². The van der Waals surface area contributed by atoms with Crippen molar-refractivity contribution >= 4 is 11.3 Å². The molecule has 108 valence electrons. The third-order valence-electron chi connectivity index (χ3n) is 4.45. The number of nitrogens with zero attached hydrogens (tertiary/aromatic N) is 1. The van der Waals surface area contributed by atoms with Gasteiger partial charge in [0, 0.05) is 30.6 Å². The van der Waals surface area contributed by atoms with Crippen LogP contribution < -0.4 is 11.1 Å². The second-order valence-corrected chi connectivity index (χ2v) is 7.14. The zero-order valence-electron chi connectivity index (χ0n) is 12.2. The van der Waals surface area contributed by atoms with Gasteiger partial charge in [0.1, 0.15) is 0 Å². The average molecular weight is 281 g/mol. The predicted octanol–water partition coefficient (Wildman–Crippen LogP) is 2.74. The highest BCUT2D eigenvalue weighted by atomic mass is 32.1. The molecule has 1 aromatic heterocycles. The zero-order valence-corrected chi connectivity index (χ0v) is 13.1. The van der Waals surface area contributed by atoms with Gasteiger partial charge in [-0.3, -0.25) is 0 Å². The predicted molar refractivity (Wildman–Crippen MR) is 82.5 cm³/mol. The van der Waals surface area contributed by atoms with Crippen LogP contribution in [0.2, 0.25) is 0 Å². The SMILES string of the molecule is Cc1csc(CCNCC2(CN)CCC(C)CC2)n1. The number of nitrogens with two attached hydrogens (primary N) is 1.